The van der Waals surface area contributed by atoms with Gasteiger partial charge in [-0.2, -0.15) is 0 Å². The molecule has 0 aliphatic rings. The zero-order valence-corrected chi connectivity index (χ0v) is 27.5. The molecule has 20 radical (unpaired) electrons. The van der Waals surface area contributed by atoms with Crippen LogP contribution in [0.2, 0.25) is 0 Å². The van der Waals surface area contributed by atoms with Crippen LogP contribution in [0, 0.1) is 0 Å². The summed E-state index contributed by atoms with van der Waals surface area (Å²) in [7, 11) is 0. The van der Waals surface area contributed by atoms with Crippen LogP contribution in [0.5, 0.6) is 0 Å². The van der Waals surface area contributed by atoms with Crippen LogP contribution >= 0.6 is 0 Å². The zero-order chi connectivity index (χ0) is 0. The molecule has 20 heavy (non-hydrogen) atoms. The average molecular weight is 1180 g/mol. The Morgan fingerprint density at radius 2 is 0.0500 bits per heavy atom. The fourth-order valence-electron chi connectivity index (χ4n) is 0. The maximum Gasteiger partial charge on any atom is 0 e. The van der Waals surface area contributed by atoms with Gasteiger partial charge in [-0.05, 0) is 0 Å². The molecule has 0 nitrogen and oxygen atoms in total. The molecule has 0 rings (SSSR count). The Kier molecular flexibility index (Phi) is 2800. The van der Waals surface area contributed by atoms with Crippen LogP contribution in [0.4, 0.5) is 0 Å². The van der Waals surface area contributed by atoms with Gasteiger partial charge in [0.2, 0.25) is 0 Å². The second-order valence-electron chi connectivity index (χ2n) is 0. The van der Waals surface area contributed by atoms with Gasteiger partial charge in [0.15, 0.2) is 0 Å². The molecule has 0 N–H and O–H groups in total. The van der Waals surface area contributed by atoms with Crippen LogP contribution in [-0.4, -0.2) is 0 Å². The summed E-state index contributed by atoms with van der Waals surface area (Å²) in [5, 5.41) is 0. The van der Waals surface area contributed by atoms with Crippen molar-refractivity contribution in [2.75, 3.05) is 0 Å². The first-order valence-electron chi connectivity index (χ1n) is 0. The van der Waals surface area contributed by atoms with Crippen LogP contribution in [-0.2, 0) is 336 Å². The molecule has 0 aromatic heterocycles. The first kappa shape index (κ1) is 249. The molecule has 0 amide bonds. The third-order valence-electron chi connectivity index (χ3n) is 0. The second-order valence-corrected chi connectivity index (χ2v) is 0. The van der Waals surface area contributed by atoms with Crippen molar-refractivity contribution in [3.05, 3.63) is 0 Å². The molecule has 0 unspecified atom stereocenters. The van der Waals surface area contributed by atoms with E-state index in [9.17, 15) is 0 Å². The number of hydrogen-bond acceptors (Lipinski definition) is 0. The Balaban J connectivity index is 0. The van der Waals surface area contributed by atoms with Crippen molar-refractivity contribution in [2.24, 2.45) is 0 Å². The molecular weight excluding hydrogens is 1180 g/mol. The Hall–Kier alpha value is 10.1. The average Bonchev–Trinajstić information content (AvgIpc) is 0. The topological polar surface area (TPSA) is 0 Å². The van der Waals surface area contributed by atoms with Crippen LogP contribution in [0.3, 0.4) is 0 Å². The van der Waals surface area contributed by atoms with E-state index in [1.54, 1.807) is 0 Å². The molecule has 0 aliphatic carbocycles. The third-order valence-corrected chi connectivity index (χ3v) is 0. The van der Waals surface area contributed by atoms with E-state index in [0.717, 1.165) is 0 Å². The summed E-state index contributed by atoms with van der Waals surface area (Å²) in [6.07, 6.45) is 0. The zero-order valence-electron chi connectivity index (χ0n) is 6.67. The minimum atomic E-state index is 0. The summed E-state index contributed by atoms with van der Waals surface area (Å²) in [4.78, 5) is 0. The minimum absolute atomic E-state index is 0. The van der Waals surface area contributed by atoms with E-state index in [1.807, 2.05) is 0 Å². The van der Waals surface area contributed by atoms with Crippen molar-refractivity contribution >= 4 is 0 Å². The Morgan fingerprint density at radius 3 is 0.0500 bits per heavy atom. The van der Waals surface area contributed by atoms with Gasteiger partial charge in [0, 0.05) is 336 Å². The van der Waals surface area contributed by atoms with Gasteiger partial charge in [-0.25, -0.2) is 0 Å². The standard InChI is InChI=1S/20Co. The summed E-state index contributed by atoms with van der Waals surface area (Å²) in [6, 6.07) is 0. The molecule has 0 heterocycles. The quantitative estimate of drug-likeness (QED) is 0.320. The molecule has 0 bridgehead atoms. The number of hydrogen-bond donors (Lipinski definition) is 0. The Labute approximate surface area is 328 Å². The molecule has 20 heteroatoms. The smallest absolute Gasteiger partial charge is 0 e. The molecule has 0 spiro atoms. The molecule has 0 aromatic rings. The molecular formula is Co20. The maximum atomic E-state index is 0. The van der Waals surface area contributed by atoms with Gasteiger partial charge in [-0.3, -0.25) is 0 Å². The van der Waals surface area contributed by atoms with Crippen molar-refractivity contribution in [1.29, 1.82) is 0 Å². The molecule has 0 aliphatic heterocycles. The summed E-state index contributed by atoms with van der Waals surface area (Å²) >= 11 is 0. The molecule has 0 saturated carbocycles. The minimum Gasteiger partial charge on any atom is 0 e. The molecule has 180 valence electrons. The molecule has 0 fully saturated rings. The predicted octanol–water partition coefficient (Wildman–Crippen LogP) is -0.0500. The fourth-order valence-corrected chi connectivity index (χ4v) is 0. The summed E-state index contributed by atoms with van der Waals surface area (Å²) in [6.45, 7) is 0. The van der Waals surface area contributed by atoms with Crippen LogP contribution < -0.4 is 0 Å². The Morgan fingerprint density at radius 1 is 0.0500 bits per heavy atom. The van der Waals surface area contributed by atoms with E-state index in [2.05, 4.69) is 0 Å². The molecule has 0 aromatic carbocycles. The van der Waals surface area contributed by atoms with E-state index in [1.165, 1.54) is 0 Å². The van der Waals surface area contributed by atoms with Gasteiger partial charge in [0.05, 0.1) is 0 Å². The third kappa shape index (κ3) is 202. The van der Waals surface area contributed by atoms with Gasteiger partial charge in [0.1, 0.15) is 0 Å². The number of rotatable bonds is 0. The monoisotopic (exact) mass is 1180 g/mol. The van der Waals surface area contributed by atoms with E-state index in [4.69, 9.17) is 0 Å². The van der Waals surface area contributed by atoms with Crippen molar-refractivity contribution in [3.8, 4) is 0 Å². The van der Waals surface area contributed by atoms with Crippen molar-refractivity contribution in [2.45, 2.75) is 0 Å². The van der Waals surface area contributed by atoms with Gasteiger partial charge in [-0.15, -0.1) is 0 Å². The van der Waals surface area contributed by atoms with Crippen molar-refractivity contribution in [3.63, 3.8) is 0 Å². The maximum absolute atomic E-state index is 0. The van der Waals surface area contributed by atoms with Crippen LogP contribution in [0.1, 0.15) is 0 Å². The van der Waals surface area contributed by atoms with Crippen molar-refractivity contribution < 1.29 is 336 Å². The van der Waals surface area contributed by atoms with E-state index < -0.39 is 0 Å². The van der Waals surface area contributed by atoms with Gasteiger partial charge in [-0.1, -0.05) is 0 Å². The summed E-state index contributed by atoms with van der Waals surface area (Å²) in [5.74, 6) is 0. The van der Waals surface area contributed by atoms with Crippen LogP contribution in [0.25, 0.3) is 0 Å². The van der Waals surface area contributed by atoms with Gasteiger partial charge in [0.25, 0.3) is 0 Å². The Bertz CT molecular complexity index is 0. The first-order valence-corrected chi connectivity index (χ1v) is 0. The van der Waals surface area contributed by atoms with Gasteiger partial charge < -0.3 is 0 Å². The SMILES string of the molecule is [Co].[Co].[Co].[Co].[Co].[Co].[Co].[Co].[Co].[Co].[Co].[Co].[Co].[Co].[Co].[Co].[Co].[Co].[Co].[Co]. The first-order chi connectivity index (χ1) is 0. The normalized spacial score (nSPS) is 0. The van der Waals surface area contributed by atoms with E-state index >= 15 is 0 Å². The van der Waals surface area contributed by atoms with E-state index in [0.29, 0.717) is 0 Å². The summed E-state index contributed by atoms with van der Waals surface area (Å²) < 4.78 is 0. The molecule has 0 atom stereocenters. The van der Waals surface area contributed by atoms with Crippen LogP contribution in [0.15, 0.2) is 0 Å². The second kappa shape index (κ2) is 225. The van der Waals surface area contributed by atoms with Gasteiger partial charge >= 0.3 is 0 Å². The van der Waals surface area contributed by atoms with E-state index in [-0.39, 0.29) is 336 Å². The largest absolute Gasteiger partial charge is 0 e. The predicted molar refractivity (Wildman–Crippen MR) is 0 cm³/mol. The molecule has 0 saturated heterocycles. The van der Waals surface area contributed by atoms with Crippen molar-refractivity contribution in [1.82, 2.24) is 0 Å². The summed E-state index contributed by atoms with van der Waals surface area (Å²) in [5.41, 5.74) is 0. The fraction of sp³-hybridized carbons (Fsp3) is 0.